The number of rotatable bonds is 6. The highest BCUT2D eigenvalue weighted by Crippen LogP contribution is 2.49. The number of hydrogen-bond acceptors (Lipinski definition) is 3. The molecule has 0 aromatic carbocycles. The number of carboxylic acid groups (broad SMARTS) is 3. The van der Waals surface area contributed by atoms with Crippen LogP contribution in [0.25, 0.3) is 0 Å². The second kappa shape index (κ2) is 4.83. The highest BCUT2D eigenvalue weighted by molar-refractivity contribution is 5.99. The van der Waals surface area contributed by atoms with Gasteiger partial charge in [-0.15, -0.1) is 0 Å². The number of hydrogen-bond donors (Lipinski definition) is 3. The van der Waals surface area contributed by atoms with E-state index in [4.69, 9.17) is 0 Å². The normalized spacial score (nSPS) is 17.8. The van der Waals surface area contributed by atoms with Gasteiger partial charge in [-0.3, -0.25) is 14.4 Å². The van der Waals surface area contributed by atoms with Crippen molar-refractivity contribution in [2.75, 3.05) is 0 Å². The minimum atomic E-state index is -2.08. The Kier molecular flexibility index (Phi) is 3.93. The standard InChI is InChI=1S/C13H20O6/c1-12(2,3)13(10(16)17,11(18)19)6-8(9(14)15)7-4-5-7/h7-8H,4-6H2,1-3H3,(H,14,15)(H,16,17)(H,18,19)/t8-/m1/s1. The van der Waals surface area contributed by atoms with E-state index >= 15 is 0 Å². The summed E-state index contributed by atoms with van der Waals surface area (Å²) >= 11 is 0. The molecule has 0 radical (unpaired) electrons. The summed E-state index contributed by atoms with van der Waals surface area (Å²) in [4.78, 5) is 34.3. The zero-order chi connectivity index (χ0) is 15.0. The Hall–Kier alpha value is -1.59. The van der Waals surface area contributed by atoms with Crippen molar-refractivity contribution >= 4 is 17.9 Å². The second-order valence-electron chi connectivity index (χ2n) is 6.25. The third kappa shape index (κ3) is 2.72. The Morgan fingerprint density at radius 2 is 1.47 bits per heavy atom. The topological polar surface area (TPSA) is 112 Å². The number of carboxylic acids is 3. The maximum absolute atomic E-state index is 11.5. The summed E-state index contributed by atoms with van der Waals surface area (Å²) in [6, 6.07) is 0. The fourth-order valence-corrected chi connectivity index (χ4v) is 2.50. The molecule has 1 fully saturated rings. The van der Waals surface area contributed by atoms with E-state index in [1.807, 2.05) is 0 Å². The smallest absolute Gasteiger partial charge is 0.321 e. The lowest BCUT2D eigenvalue weighted by molar-refractivity contribution is -0.176. The van der Waals surface area contributed by atoms with Crippen molar-refractivity contribution in [2.45, 2.75) is 40.0 Å². The van der Waals surface area contributed by atoms with Crippen LogP contribution in [0.2, 0.25) is 0 Å². The second-order valence-corrected chi connectivity index (χ2v) is 6.25. The monoisotopic (exact) mass is 272 g/mol. The molecule has 1 aliphatic rings. The van der Waals surface area contributed by atoms with Crippen LogP contribution >= 0.6 is 0 Å². The summed E-state index contributed by atoms with van der Waals surface area (Å²) in [5.41, 5.74) is -3.16. The summed E-state index contributed by atoms with van der Waals surface area (Å²) in [6.07, 6.45) is 1.06. The van der Waals surface area contributed by atoms with Crippen LogP contribution in [0.5, 0.6) is 0 Å². The van der Waals surface area contributed by atoms with Gasteiger partial charge in [-0.2, -0.15) is 0 Å². The maximum Gasteiger partial charge on any atom is 0.321 e. The van der Waals surface area contributed by atoms with E-state index in [1.165, 1.54) is 20.8 Å². The zero-order valence-corrected chi connectivity index (χ0v) is 11.3. The van der Waals surface area contributed by atoms with Crippen molar-refractivity contribution in [1.82, 2.24) is 0 Å². The van der Waals surface area contributed by atoms with E-state index in [1.54, 1.807) is 0 Å². The minimum Gasteiger partial charge on any atom is -0.481 e. The quantitative estimate of drug-likeness (QED) is 0.634. The summed E-state index contributed by atoms with van der Waals surface area (Å²) in [7, 11) is 0. The highest BCUT2D eigenvalue weighted by atomic mass is 16.4. The molecule has 0 heterocycles. The Bertz CT molecular complexity index is 388. The van der Waals surface area contributed by atoms with Gasteiger partial charge in [-0.05, 0) is 30.6 Å². The van der Waals surface area contributed by atoms with E-state index < -0.39 is 34.7 Å². The molecule has 0 unspecified atom stereocenters. The molecule has 0 spiro atoms. The van der Waals surface area contributed by atoms with Crippen molar-refractivity contribution in [2.24, 2.45) is 22.7 Å². The summed E-state index contributed by atoms with van der Waals surface area (Å²) in [5.74, 6) is -5.07. The molecule has 1 saturated carbocycles. The van der Waals surface area contributed by atoms with Crippen LogP contribution in [0.3, 0.4) is 0 Å². The van der Waals surface area contributed by atoms with E-state index in [2.05, 4.69) is 0 Å². The van der Waals surface area contributed by atoms with Gasteiger partial charge in [0.05, 0.1) is 5.92 Å². The molecule has 0 bridgehead atoms. The molecule has 0 amide bonds. The first-order chi connectivity index (χ1) is 8.54. The molecule has 19 heavy (non-hydrogen) atoms. The first-order valence-corrected chi connectivity index (χ1v) is 6.23. The van der Waals surface area contributed by atoms with Gasteiger partial charge in [-0.25, -0.2) is 0 Å². The predicted molar refractivity (Wildman–Crippen MR) is 65.6 cm³/mol. The zero-order valence-electron chi connectivity index (χ0n) is 11.3. The van der Waals surface area contributed by atoms with Crippen LogP contribution in [0.15, 0.2) is 0 Å². The number of carbonyl (C=O) groups is 3. The lowest BCUT2D eigenvalue weighted by Gasteiger charge is -2.38. The van der Waals surface area contributed by atoms with Gasteiger partial charge in [0, 0.05) is 0 Å². The van der Waals surface area contributed by atoms with Gasteiger partial charge in [0.1, 0.15) is 0 Å². The molecule has 108 valence electrons. The van der Waals surface area contributed by atoms with E-state index in [9.17, 15) is 29.7 Å². The van der Waals surface area contributed by atoms with Crippen LogP contribution < -0.4 is 0 Å². The van der Waals surface area contributed by atoms with Crippen LogP contribution in [-0.2, 0) is 14.4 Å². The molecule has 1 rings (SSSR count). The van der Waals surface area contributed by atoms with E-state index in [0.29, 0.717) is 0 Å². The largest absolute Gasteiger partial charge is 0.481 e. The molecule has 1 aliphatic carbocycles. The molecule has 6 nitrogen and oxygen atoms in total. The van der Waals surface area contributed by atoms with Gasteiger partial charge in [0.2, 0.25) is 0 Å². The van der Waals surface area contributed by atoms with Crippen molar-refractivity contribution in [3.8, 4) is 0 Å². The van der Waals surface area contributed by atoms with Crippen LogP contribution in [0, 0.1) is 22.7 Å². The third-order valence-corrected chi connectivity index (χ3v) is 4.04. The van der Waals surface area contributed by atoms with Crippen LogP contribution in [0.1, 0.15) is 40.0 Å². The van der Waals surface area contributed by atoms with Crippen LogP contribution in [-0.4, -0.2) is 33.2 Å². The molecule has 1 atom stereocenters. The van der Waals surface area contributed by atoms with E-state index in [0.717, 1.165) is 12.8 Å². The fourth-order valence-electron chi connectivity index (χ4n) is 2.50. The van der Waals surface area contributed by atoms with E-state index in [-0.39, 0.29) is 12.3 Å². The van der Waals surface area contributed by atoms with Crippen LogP contribution in [0.4, 0.5) is 0 Å². The summed E-state index contributed by atoms with van der Waals surface area (Å²) < 4.78 is 0. The van der Waals surface area contributed by atoms with Gasteiger partial charge in [-0.1, -0.05) is 20.8 Å². The molecule has 0 aliphatic heterocycles. The third-order valence-electron chi connectivity index (χ3n) is 4.04. The Balaban J connectivity index is 3.20. The lowest BCUT2D eigenvalue weighted by Crippen LogP contribution is -2.51. The first-order valence-electron chi connectivity index (χ1n) is 6.23. The first kappa shape index (κ1) is 15.5. The SMILES string of the molecule is CC(C)(C)C(C[C@@H](C(=O)O)C1CC1)(C(=O)O)C(=O)O. The Morgan fingerprint density at radius 3 is 1.68 bits per heavy atom. The van der Waals surface area contributed by atoms with Crippen molar-refractivity contribution < 1.29 is 29.7 Å². The Morgan fingerprint density at radius 1 is 1.05 bits per heavy atom. The lowest BCUT2D eigenvalue weighted by atomic mass is 9.62. The van der Waals surface area contributed by atoms with Gasteiger partial charge < -0.3 is 15.3 Å². The fraction of sp³-hybridized carbons (Fsp3) is 0.769. The molecule has 3 N–H and O–H groups in total. The average molecular weight is 272 g/mol. The van der Waals surface area contributed by atoms with Crippen molar-refractivity contribution in [3.63, 3.8) is 0 Å². The highest BCUT2D eigenvalue weighted by Gasteiger charge is 2.58. The molecule has 0 saturated heterocycles. The maximum atomic E-state index is 11.5. The Labute approximate surface area is 111 Å². The summed E-state index contributed by atoms with van der Waals surface area (Å²) in [6.45, 7) is 4.54. The predicted octanol–water partition coefficient (Wildman–Crippen LogP) is 1.69. The molecule has 0 aromatic heterocycles. The molecular weight excluding hydrogens is 252 g/mol. The van der Waals surface area contributed by atoms with Crippen molar-refractivity contribution in [3.05, 3.63) is 0 Å². The van der Waals surface area contributed by atoms with Gasteiger partial charge in [0.15, 0.2) is 5.41 Å². The number of aliphatic carboxylic acids is 3. The summed E-state index contributed by atoms with van der Waals surface area (Å²) in [5, 5.41) is 28.0. The van der Waals surface area contributed by atoms with Gasteiger partial charge in [0.25, 0.3) is 0 Å². The van der Waals surface area contributed by atoms with Crippen molar-refractivity contribution in [1.29, 1.82) is 0 Å². The van der Waals surface area contributed by atoms with Gasteiger partial charge >= 0.3 is 17.9 Å². The molecular formula is C13H20O6. The average Bonchev–Trinajstić information content (AvgIpc) is 2.98. The molecule has 6 heteroatoms. The minimum absolute atomic E-state index is 0.0991. The molecule has 0 aromatic rings.